The van der Waals surface area contributed by atoms with Gasteiger partial charge in [-0.1, -0.05) is 0 Å². The minimum atomic E-state index is -0.774. The molecule has 0 spiro atoms. The Bertz CT molecular complexity index is 583. The Hall–Kier alpha value is -2.57. The fraction of sp³-hybridized carbons (Fsp3) is 0.286. The number of methoxy groups -OCH3 is 3. The quantitative estimate of drug-likeness (QED) is 0.659. The average molecular weight is 297 g/mol. The van der Waals surface area contributed by atoms with Crippen LogP contribution in [0.15, 0.2) is 23.9 Å². The van der Waals surface area contributed by atoms with Gasteiger partial charge in [0.05, 0.1) is 33.1 Å². The fourth-order valence-corrected chi connectivity index (χ4v) is 1.61. The molecule has 0 aliphatic heterocycles. The summed E-state index contributed by atoms with van der Waals surface area (Å²) in [6.07, 6.45) is 0.934. The van der Waals surface area contributed by atoms with E-state index in [4.69, 9.17) is 4.74 Å². The summed E-state index contributed by atoms with van der Waals surface area (Å²) >= 11 is 0. The first-order valence-corrected chi connectivity index (χ1v) is 5.92. The lowest BCUT2D eigenvalue weighted by Crippen LogP contribution is -2.16. The van der Waals surface area contributed by atoms with Gasteiger partial charge in [0, 0.05) is 5.56 Å². The molecule has 1 aromatic carbocycles. The molecule has 0 aromatic heterocycles. The third-order valence-corrected chi connectivity index (χ3v) is 2.68. The van der Waals surface area contributed by atoms with E-state index >= 15 is 0 Å². The second kappa shape index (κ2) is 7.28. The largest absolute Gasteiger partial charge is 0.494 e. The zero-order valence-corrected chi connectivity index (χ0v) is 12.2. The third-order valence-electron chi connectivity index (χ3n) is 2.68. The first kappa shape index (κ1) is 16.5. The smallest absolute Gasteiger partial charge is 0.354 e. The highest BCUT2D eigenvalue weighted by molar-refractivity contribution is 5.99. The van der Waals surface area contributed by atoms with Crippen molar-refractivity contribution in [1.29, 1.82) is 0 Å². The molecule has 0 fully saturated rings. The molecule has 7 heteroatoms. The van der Waals surface area contributed by atoms with Gasteiger partial charge in [0.25, 0.3) is 0 Å². The Kier molecular flexibility index (Phi) is 5.71. The second-order valence-electron chi connectivity index (χ2n) is 3.95. The van der Waals surface area contributed by atoms with Crippen LogP contribution >= 0.6 is 0 Å². The number of hydrogen-bond acceptors (Lipinski definition) is 6. The van der Waals surface area contributed by atoms with Crippen molar-refractivity contribution in [3.8, 4) is 5.75 Å². The minimum Gasteiger partial charge on any atom is -0.494 e. The fourth-order valence-electron chi connectivity index (χ4n) is 1.61. The van der Waals surface area contributed by atoms with Crippen molar-refractivity contribution < 1.29 is 28.2 Å². The Labute approximate surface area is 121 Å². The van der Waals surface area contributed by atoms with Gasteiger partial charge in [0.2, 0.25) is 0 Å². The van der Waals surface area contributed by atoms with E-state index in [1.54, 1.807) is 0 Å². The van der Waals surface area contributed by atoms with Crippen molar-refractivity contribution in [2.45, 2.75) is 6.92 Å². The van der Waals surface area contributed by atoms with Crippen LogP contribution in [-0.4, -0.2) is 33.3 Å². The van der Waals surface area contributed by atoms with Crippen LogP contribution < -0.4 is 10.1 Å². The number of halogens is 1. The molecule has 0 aliphatic rings. The van der Waals surface area contributed by atoms with E-state index in [2.05, 4.69) is 14.8 Å². The van der Waals surface area contributed by atoms with Crippen LogP contribution in [0.2, 0.25) is 0 Å². The summed E-state index contributed by atoms with van der Waals surface area (Å²) in [7, 11) is 3.72. The number of ether oxygens (including phenoxy) is 3. The van der Waals surface area contributed by atoms with Gasteiger partial charge in [-0.3, -0.25) is 0 Å². The van der Waals surface area contributed by atoms with E-state index in [9.17, 15) is 14.0 Å². The van der Waals surface area contributed by atoms with E-state index in [1.165, 1.54) is 40.4 Å². The molecule has 0 aliphatic carbocycles. The number of anilines is 1. The Morgan fingerprint density at radius 1 is 1.19 bits per heavy atom. The molecule has 0 saturated carbocycles. The maximum Gasteiger partial charge on any atom is 0.354 e. The van der Waals surface area contributed by atoms with E-state index in [1.807, 2.05) is 0 Å². The van der Waals surface area contributed by atoms with E-state index in [0.717, 1.165) is 6.08 Å². The first-order valence-electron chi connectivity index (χ1n) is 5.92. The summed E-state index contributed by atoms with van der Waals surface area (Å²) in [5, 5.41) is 2.68. The number of carbonyl (C=O) groups excluding carboxylic acids is 2. The van der Waals surface area contributed by atoms with Gasteiger partial charge in [-0.2, -0.15) is 0 Å². The van der Waals surface area contributed by atoms with Crippen molar-refractivity contribution in [2.24, 2.45) is 0 Å². The Morgan fingerprint density at radius 3 is 2.38 bits per heavy atom. The maximum absolute atomic E-state index is 13.5. The van der Waals surface area contributed by atoms with E-state index in [-0.39, 0.29) is 17.0 Å². The molecular weight excluding hydrogens is 281 g/mol. The summed E-state index contributed by atoms with van der Waals surface area (Å²) in [6.45, 7) is 1.53. The number of rotatable bonds is 5. The van der Waals surface area contributed by atoms with E-state index < -0.39 is 17.8 Å². The monoisotopic (exact) mass is 297 g/mol. The summed E-state index contributed by atoms with van der Waals surface area (Å²) < 4.78 is 27.6. The molecule has 1 N–H and O–H groups in total. The van der Waals surface area contributed by atoms with E-state index in [0.29, 0.717) is 5.69 Å². The normalized spacial score (nSPS) is 10.8. The van der Waals surface area contributed by atoms with Gasteiger partial charge < -0.3 is 19.5 Å². The van der Waals surface area contributed by atoms with Gasteiger partial charge in [-0.05, 0) is 19.1 Å². The lowest BCUT2D eigenvalue weighted by molar-refractivity contribution is -0.138. The van der Waals surface area contributed by atoms with Gasteiger partial charge in [-0.25, -0.2) is 14.0 Å². The molecule has 1 rings (SSSR count). The molecule has 0 amide bonds. The van der Waals surface area contributed by atoms with Crippen LogP contribution in [0.1, 0.15) is 5.56 Å². The highest BCUT2D eigenvalue weighted by Gasteiger charge is 2.17. The number of carbonyl (C=O) groups is 2. The number of nitrogens with one attached hydrogen (secondary N) is 1. The molecule has 0 atom stereocenters. The topological polar surface area (TPSA) is 73.9 Å². The zero-order valence-electron chi connectivity index (χ0n) is 12.2. The van der Waals surface area contributed by atoms with Crippen molar-refractivity contribution >= 4 is 17.6 Å². The molecule has 1 aromatic rings. The molecule has 6 nitrogen and oxygen atoms in total. The summed E-state index contributed by atoms with van der Waals surface area (Å²) in [5.41, 5.74) is 0.426. The lowest BCUT2D eigenvalue weighted by Gasteiger charge is -2.14. The van der Waals surface area contributed by atoms with Gasteiger partial charge in [-0.15, -0.1) is 0 Å². The molecule has 0 unspecified atom stereocenters. The molecule has 0 heterocycles. The lowest BCUT2D eigenvalue weighted by atomic mass is 10.1. The standard InChI is InChI=1S/C14H16FNO5/c1-8-9(15)5-6-10(13(8)20-3)16-11(14(18)21-4)7-12(17)19-2/h5-7,16H,1-4H3/b11-7+. The average Bonchev–Trinajstić information content (AvgIpc) is 2.49. The SMILES string of the molecule is COC(=O)/C=C(/Nc1ccc(F)c(C)c1OC)C(=O)OC. The van der Waals surface area contributed by atoms with Crippen molar-refractivity contribution in [2.75, 3.05) is 26.6 Å². The second-order valence-corrected chi connectivity index (χ2v) is 3.95. The minimum absolute atomic E-state index is 0.159. The van der Waals surface area contributed by atoms with Crippen LogP contribution in [0.5, 0.6) is 5.75 Å². The van der Waals surface area contributed by atoms with Gasteiger partial charge >= 0.3 is 11.9 Å². The van der Waals surface area contributed by atoms with Gasteiger partial charge in [0.15, 0.2) is 0 Å². The number of hydrogen-bond donors (Lipinski definition) is 1. The first-order chi connectivity index (χ1) is 9.94. The third kappa shape index (κ3) is 3.95. The van der Waals surface area contributed by atoms with Crippen LogP contribution in [0, 0.1) is 12.7 Å². The highest BCUT2D eigenvalue weighted by atomic mass is 19.1. The predicted molar refractivity (Wildman–Crippen MR) is 73.4 cm³/mol. The van der Waals surface area contributed by atoms with Crippen molar-refractivity contribution in [3.05, 3.63) is 35.3 Å². The predicted octanol–water partition coefficient (Wildman–Crippen LogP) is 1.78. The molecular formula is C14H16FNO5. The van der Waals surface area contributed by atoms with Crippen LogP contribution in [0.3, 0.4) is 0 Å². The van der Waals surface area contributed by atoms with Crippen LogP contribution in [0.25, 0.3) is 0 Å². The van der Waals surface area contributed by atoms with Crippen molar-refractivity contribution in [3.63, 3.8) is 0 Å². The molecule has 21 heavy (non-hydrogen) atoms. The van der Waals surface area contributed by atoms with Gasteiger partial charge in [0.1, 0.15) is 17.3 Å². The number of benzene rings is 1. The summed E-state index contributed by atoms with van der Waals surface area (Å²) in [5.74, 6) is -1.74. The summed E-state index contributed by atoms with van der Waals surface area (Å²) in [4.78, 5) is 22.9. The Balaban J connectivity index is 3.21. The molecule has 114 valence electrons. The molecule has 0 radical (unpaired) electrons. The van der Waals surface area contributed by atoms with Crippen LogP contribution in [0.4, 0.5) is 10.1 Å². The highest BCUT2D eigenvalue weighted by Crippen LogP contribution is 2.31. The summed E-state index contributed by atoms with van der Waals surface area (Å²) in [6, 6.07) is 2.60. The van der Waals surface area contributed by atoms with Crippen molar-refractivity contribution in [1.82, 2.24) is 0 Å². The Morgan fingerprint density at radius 2 is 1.86 bits per heavy atom. The van der Waals surface area contributed by atoms with Crippen LogP contribution in [-0.2, 0) is 19.1 Å². The molecule has 0 saturated heterocycles. The number of esters is 2. The maximum atomic E-state index is 13.5. The zero-order chi connectivity index (χ0) is 16.0. The molecule has 0 bridgehead atoms.